The fraction of sp³-hybridized carbons (Fsp3) is 0.158. The SMILES string of the molecule is COC=CC1(c2ccc(Br)c3ccccc23)C=CC=CC1. The molecular weight excluding hydrogens is 324 g/mol. The zero-order chi connectivity index (χ0) is 14.7. The van der Waals surface area contributed by atoms with E-state index in [1.54, 1.807) is 13.4 Å². The second-order valence-electron chi connectivity index (χ2n) is 5.21. The Labute approximate surface area is 133 Å². The molecule has 2 aromatic carbocycles. The van der Waals surface area contributed by atoms with Crippen molar-refractivity contribution in [2.45, 2.75) is 11.8 Å². The summed E-state index contributed by atoms with van der Waals surface area (Å²) in [5, 5.41) is 2.51. The van der Waals surface area contributed by atoms with Gasteiger partial charge in [-0.2, -0.15) is 0 Å². The van der Waals surface area contributed by atoms with Gasteiger partial charge < -0.3 is 4.74 Å². The van der Waals surface area contributed by atoms with E-state index in [0.717, 1.165) is 10.9 Å². The molecule has 1 atom stereocenters. The standard InChI is InChI=1S/C19H17BrO/c1-21-14-13-19(11-5-2-6-12-19)17-9-10-18(20)16-8-4-3-7-15(16)17/h2-11,13-14H,12H2,1H3. The van der Waals surface area contributed by atoms with Crippen molar-refractivity contribution >= 4 is 26.7 Å². The van der Waals surface area contributed by atoms with E-state index in [2.05, 4.69) is 82.7 Å². The third-order valence-corrected chi connectivity index (χ3v) is 4.66. The van der Waals surface area contributed by atoms with E-state index < -0.39 is 0 Å². The first-order valence-corrected chi connectivity index (χ1v) is 7.79. The van der Waals surface area contributed by atoms with Gasteiger partial charge in [0.1, 0.15) is 0 Å². The highest BCUT2D eigenvalue weighted by molar-refractivity contribution is 9.10. The fourth-order valence-electron chi connectivity index (χ4n) is 2.91. The lowest BCUT2D eigenvalue weighted by atomic mass is 9.74. The molecule has 0 spiro atoms. The molecule has 21 heavy (non-hydrogen) atoms. The highest BCUT2D eigenvalue weighted by Gasteiger charge is 2.28. The maximum absolute atomic E-state index is 5.18. The van der Waals surface area contributed by atoms with Gasteiger partial charge in [0.15, 0.2) is 0 Å². The van der Waals surface area contributed by atoms with Gasteiger partial charge in [0.25, 0.3) is 0 Å². The maximum Gasteiger partial charge on any atom is 0.0796 e. The summed E-state index contributed by atoms with van der Waals surface area (Å²) < 4.78 is 6.31. The zero-order valence-electron chi connectivity index (χ0n) is 11.9. The molecule has 0 saturated carbocycles. The molecule has 1 nitrogen and oxygen atoms in total. The number of hydrogen-bond acceptors (Lipinski definition) is 1. The highest BCUT2D eigenvalue weighted by Crippen LogP contribution is 2.40. The van der Waals surface area contributed by atoms with Crippen LogP contribution in [0.5, 0.6) is 0 Å². The molecule has 0 N–H and O–H groups in total. The molecule has 0 heterocycles. The van der Waals surface area contributed by atoms with E-state index in [1.807, 2.05) is 0 Å². The fourth-order valence-corrected chi connectivity index (χ4v) is 3.39. The van der Waals surface area contributed by atoms with Gasteiger partial charge in [0, 0.05) is 9.89 Å². The Bertz CT molecular complexity index is 742. The largest absolute Gasteiger partial charge is 0.505 e. The van der Waals surface area contributed by atoms with E-state index in [-0.39, 0.29) is 5.41 Å². The Morgan fingerprint density at radius 1 is 1.10 bits per heavy atom. The van der Waals surface area contributed by atoms with Gasteiger partial charge in [-0.05, 0) is 34.9 Å². The molecule has 0 saturated heterocycles. The van der Waals surface area contributed by atoms with Crippen LogP contribution in [-0.2, 0) is 10.2 Å². The molecule has 1 unspecified atom stereocenters. The minimum absolute atomic E-state index is 0.148. The Kier molecular flexibility index (Phi) is 3.98. The van der Waals surface area contributed by atoms with Crippen LogP contribution in [0.3, 0.4) is 0 Å². The van der Waals surface area contributed by atoms with E-state index in [9.17, 15) is 0 Å². The zero-order valence-corrected chi connectivity index (χ0v) is 13.5. The van der Waals surface area contributed by atoms with Gasteiger partial charge in [0.05, 0.1) is 13.4 Å². The molecule has 2 aromatic rings. The molecule has 3 rings (SSSR count). The third-order valence-electron chi connectivity index (χ3n) is 3.97. The van der Waals surface area contributed by atoms with Crippen molar-refractivity contribution in [3.8, 4) is 0 Å². The molecule has 0 radical (unpaired) electrons. The minimum Gasteiger partial charge on any atom is -0.505 e. The van der Waals surface area contributed by atoms with Crippen molar-refractivity contribution in [2.24, 2.45) is 0 Å². The van der Waals surface area contributed by atoms with Crippen molar-refractivity contribution < 1.29 is 4.74 Å². The van der Waals surface area contributed by atoms with Crippen LogP contribution in [0.1, 0.15) is 12.0 Å². The predicted octanol–water partition coefficient (Wildman–Crippen LogP) is 5.52. The van der Waals surface area contributed by atoms with Crippen molar-refractivity contribution in [3.05, 3.63) is 83.1 Å². The first-order valence-electron chi connectivity index (χ1n) is 6.99. The first kappa shape index (κ1) is 14.2. The predicted molar refractivity (Wildman–Crippen MR) is 92.4 cm³/mol. The topological polar surface area (TPSA) is 9.23 Å². The van der Waals surface area contributed by atoms with Crippen LogP contribution in [-0.4, -0.2) is 7.11 Å². The summed E-state index contributed by atoms with van der Waals surface area (Å²) in [6.45, 7) is 0. The molecule has 0 aliphatic heterocycles. The van der Waals surface area contributed by atoms with Gasteiger partial charge in [-0.15, -0.1) is 0 Å². The van der Waals surface area contributed by atoms with Crippen molar-refractivity contribution in [2.75, 3.05) is 7.11 Å². The van der Waals surface area contributed by atoms with Gasteiger partial charge >= 0.3 is 0 Å². The van der Waals surface area contributed by atoms with Gasteiger partial charge in [-0.3, -0.25) is 0 Å². The lowest BCUT2D eigenvalue weighted by molar-refractivity contribution is 0.333. The summed E-state index contributed by atoms with van der Waals surface area (Å²) in [4.78, 5) is 0. The Balaban J connectivity index is 2.26. The number of allylic oxidation sites excluding steroid dienone is 5. The van der Waals surface area contributed by atoms with Crippen LogP contribution in [0.2, 0.25) is 0 Å². The van der Waals surface area contributed by atoms with Crippen LogP contribution in [0, 0.1) is 0 Å². The second kappa shape index (κ2) is 5.90. The molecule has 1 aliphatic rings. The molecule has 0 amide bonds. The molecule has 0 fully saturated rings. The van der Waals surface area contributed by atoms with Gasteiger partial charge in [-0.1, -0.05) is 70.6 Å². The number of fused-ring (bicyclic) bond motifs is 1. The summed E-state index contributed by atoms with van der Waals surface area (Å²) in [5.41, 5.74) is 1.15. The number of benzene rings is 2. The number of rotatable bonds is 3. The Hall–Kier alpha value is -1.80. The van der Waals surface area contributed by atoms with Crippen LogP contribution in [0.25, 0.3) is 10.8 Å². The van der Waals surface area contributed by atoms with E-state index >= 15 is 0 Å². The first-order chi connectivity index (χ1) is 10.3. The second-order valence-corrected chi connectivity index (χ2v) is 6.07. The number of methoxy groups -OCH3 is 1. The number of ether oxygens (including phenoxy) is 1. The maximum atomic E-state index is 5.18. The van der Waals surface area contributed by atoms with Crippen LogP contribution >= 0.6 is 15.9 Å². The molecule has 0 bridgehead atoms. The summed E-state index contributed by atoms with van der Waals surface area (Å²) in [6.07, 6.45) is 13.5. The number of hydrogen-bond donors (Lipinski definition) is 0. The normalized spacial score (nSPS) is 21.2. The van der Waals surface area contributed by atoms with E-state index in [1.165, 1.54) is 16.3 Å². The number of halogens is 1. The van der Waals surface area contributed by atoms with Gasteiger partial charge in [0.2, 0.25) is 0 Å². The van der Waals surface area contributed by atoms with Gasteiger partial charge in [-0.25, -0.2) is 0 Å². The Morgan fingerprint density at radius 3 is 2.62 bits per heavy atom. The quantitative estimate of drug-likeness (QED) is 0.668. The molecule has 106 valence electrons. The lowest BCUT2D eigenvalue weighted by Gasteiger charge is -2.30. The average Bonchev–Trinajstić information content (AvgIpc) is 2.54. The minimum atomic E-state index is -0.148. The van der Waals surface area contributed by atoms with Crippen molar-refractivity contribution in [3.63, 3.8) is 0 Å². The molecule has 1 aliphatic carbocycles. The smallest absolute Gasteiger partial charge is 0.0796 e. The third kappa shape index (κ3) is 2.56. The Morgan fingerprint density at radius 2 is 1.90 bits per heavy atom. The molecular formula is C19H17BrO. The van der Waals surface area contributed by atoms with Crippen LogP contribution in [0.15, 0.2) is 77.5 Å². The van der Waals surface area contributed by atoms with Crippen molar-refractivity contribution in [1.82, 2.24) is 0 Å². The summed E-state index contributed by atoms with van der Waals surface area (Å²) >= 11 is 3.65. The van der Waals surface area contributed by atoms with Crippen LogP contribution < -0.4 is 0 Å². The summed E-state index contributed by atoms with van der Waals surface area (Å²) in [5.74, 6) is 0. The van der Waals surface area contributed by atoms with Crippen molar-refractivity contribution in [1.29, 1.82) is 0 Å². The van der Waals surface area contributed by atoms with Crippen LogP contribution in [0.4, 0.5) is 0 Å². The molecule has 0 aromatic heterocycles. The summed E-state index contributed by atoms with van der Waals surface area (Å²) in [6, 6.07) is 12.8. The summed E-state index contributed by atoms with van der Waals surface area (Å²) in [7, 11) is 1.69. The lowest BCUT2D eigenvalue weighted by Crippen LogP contribution is -2.22. The monoisotopic (exact) mass is 340 g/mol. The highest BCUT2D eigenvalue weighted by atomic mass is 79.9. The van der Waals surface area contributed by atoms with E-state index in [4.69, 9.17) is 4.74 Å². The molecule has 2 heteroatoms. The van der Waals surface area contributed by atoms with E-state index in [0.29, 0.717) is 0 Å². The average molecular weight is 341 g/mol.